The monoisotopic (exact) mass is 612 g/mol. The molecule has 0 aliphatic heterocycles. The Bertz CT molecular complexity index is 505. The van der Waals surface area contributed by atoms with E-state index in [-0.39, 0.29) is 0 Å². The smallest absolute Gasteiger partial charge is 0.322 e. The van der Waals surface area contributed by atoms with Crippen molar-refractivity contribution in [1.82, 2.24) is 0 Å². The Morgan fingerprint density at radius 2 is 0.444 bits per heavy atom. The van der Waals surface area contributed by atoms with E-state index in [1.165, 1.54) is 77.0 Å². The van der Waals surface area contributed by atoms with E-state index in [1.807, 2.05) is 0 Å². The fourth-order valence-corrected chi connectivity index (χ4v) is 2.06. The molecule has 0 saturated carbocycles. The topological polar surface area (TPSA) is 282 Å². The van der Waals surface area contributed by atoms with Crippen molar-refractivity contribution in [3.05, 3.63) is 0 Å². The predicted molar refractivity (Wildman–Crippen MR) is 145 cm³/mol. The molecule has 0 radical (unpaired) electrons. The molecule has 14 nitrogen and oxygen atoms in total. The molecule has 0 aromatic heterocycles. The summed E-state index contributed by atoms with van der Waals surface area (Å²) in [7, 11) is -14.6. The standard InChI is InChI=1S/C14H32N2.4CH5O3P/c15-13-11-9-7-5-3-1-2-4-6-8-10-12-14-16;4*1-5(2,3)4/h1-16H2;4*1H3,(H2,2,3,4). The van der Waals surface area contributed by atoms with Crippen molar-refractivity contribution >= 4 is 30.4 Å². The largest absolute Gasteiger partial charge is 0.330 e. The minimum Gasteiger partial charge on any atom is -0.330 e. The molecular formula is C18H52N2O12P4. The molecule has 0 aliphatic rings. The van der Waals surface area contributed by atoms with Gasteiger partial charge in [-0.05, 0) is 25.9 Å². The second-order valence-electron chi connectivity index (χ2n) is 8.16. The van der Waals surface area contributed by atoms with Crippen molar-refractivity contribution in [2.45, 2.75) is 77.0 Å². The molecule has 0 bridgehead atoms. The Balaban J connectivity index is -0.000000131. The Hall–Kier alpha value is 0.520. The lowest BCUT2D eigenvalue weighted by atomic mass is 10.1. The summed E-state index contributed by atoms with van der Waals surface area (Å²) in [4.78, 5) is 61.1. The second-order valence-corrected chi connectivity index (χ2v) is 14.8. The molecule has 0 aliphatic carbocycles. The first-order valence-electron chi connectivity index (χ1n) is 11.4. The highest BCUT2D eigenvalue weighted by Crippen LogP contribution is 2.28. The van der Waals surface area contributed by atoms with Gasteiger partial charge in [-0.25, -0.2) is 0 Å². The highest BCUT2D eigenvalue weighted by atomic mass is 31.2. The van der Waals surface area contributed by atoms with Crippen molar-refractivity contribution in [2.75, 3.05) is 39.7 Å². The average Bonchev–Trinajstić information content (AvgIpc) is 2.57. The van der Waals surface area contributed by atoms with Gasteiger partial charge in [0.1, 0.15) is 0 Å². The third kappa shape index (κ3) is 212. The van der Waals surface area contributed by atoms with Gasteiger partial charge in [0.25, 0.3) is 0 Å². The molecule has 0 fully saturated rings. The fraction of sp³-hybridized carbons (Fsp3) is 1.00. The van der Waals surface area contributed by atoms with Crippen LogP contribution in [0, 0.1) is 0 Å². The summed E-state index contributed by atoms with van der Waals surface area (Å²) in [6.07, 6.45) is 16.4. The van der Waals surface area contributed by atoms with Crippen LogP contribution in [0.3, 0.4) is 0 Å². The van der Waals surface area contributed by atoms with Crippen LogP contribution in [0.5, 0.6) is 0 Å². The highest BCUT2D eigenvalue weighted by Gasteiger charge is 1.97. The number of rotatable bonds is 13. The third-order valence-corrected chi connectivity index (χ3v) is 3.16. The lowest BCUT2D eigenvalue weighted by Crippen LogP contribution is -1.97. The number of hydrogen-bond acceptors (Lipinski definition) is 6. The first-order valence-corrected chi connectivity index (χ1v) is 19.7. The molecule has 0 spiro atoms. The van der Waals surface area contributed by atoms with E-state index >= 15 is 0 Å². The van der Waals surface area contributed by atoms with Gasteiger partial charge in [-0.15, -0.1) is 0 Å². The van der Waals surface area contributed by atoms with Gasteiger partial charge in [-0.2, -0.15) is 0 Å². The average molecular weight is 613 g/mol. The Labute approximate surface area is 216 Å². The van der Waals surface area contributed by atoms with Crippen LogP contribution in [0.2, 0.25) is 0 Å². The van der Waals surface area contributed by atoms with Crippen LogP contribution in [0.4, 0.5) is 0 Å². The highest BCUT2D eigenvalue weighted by molar-refractivity contribution is 7.51. The zero-order chi connectivity index (χ0) is 29.9. The second kappa shape index (κ2) is 28.5. The maximum Gasteiger partial charge on any atom is 0.322 e. The third-order valence-electron chi connectivity index (χ3n) is 3.16. The van der Waals surface area contributed by atoms with E-state index in [0.29, 0.717) is 0 Å². The number of unbranched alkanes of at least 4 members (excludes halogenated alkanes) is 11. The van der Waals surface area contributed by atoms with Crippen LogP contribution in [0.25, 0.3) is 0 Å². The number of nitrogens with two attached hydrogens (primary N) is 2. The maximum absolute atomic E-state index is 9.33. The molecule has 0 aromatic carbocycles. The Morgan fingerprint density at radius 3 is 0.528 bits per heavy atom. The molecule has 0 amide bonds. The predicted octanol–water partition coefficient (Wildman–Crippen LogP) is 2.76. The molecule has 0 saturated heterocycles. The summed E-state index contributed by atoms with van der Waals surface area (Å²) in [6.45, 7) is 5.14. The van der Waals surface area contributed by atoms with Crippen LogP contribution in [-0.2, 0) is 18.3 Å². The summed E-state index contributed by atoms with van der Waals surface area (Å²) in [5.41, 5.74) is 10.9. The van der Waals surface area contributed by atoms with Gasteiger partial charge < -0.3 is 50.6 Å². The zero-order valence-electron chi connectivity index (χ0n) is 22.1. The lowest BCUT2D eigenvalue weighted by molar-refractivity contribution is 0.379. The SMILES string of the molecule is CP(=O)(O)O.CP(=O)(O)O.CP(=O)(O)O.CP(=O)(O)O.NCCCCCCCCCCCCCCN. The molecule has 18 heteroatoms. The molecule has 36 heavy (non-hydrogen) atoms. The van der Waals surface area contributed by atoms with Crippen molar-refractivity contribution in [2.24, 2.45) is 11.5 Å². The molecule has 0 heterocycles. The quantitative estimate of drug-likeness (QED) is 0.106. The van der Waals surface area contributed by atoms with Crippen molar-refractivity contribution in [1.29, 1.82) is 0 Å². The molecular weight excluding hydrogens is 560 g/mol. The fourth-order valence-electron chi connectivity index (χ4n) is 2.06. The van der Waals surface area contributed by atoms with Gasteiger partial charge >= 0.3 is 30.4 Å². The minimum atomic E-state index is -3.64. The van der Waals surface area contributed by atoms with Crippen LogP contribution in [0.1, 0.15) is 77.0 Å². The van der Waals surface area contributed by atoms with Gasteiger partial charge in [0.15, 0.2) is 0 Å². The van der Waals surface area contributed by atoms with Gasteiger partial charge in [0.2, 0.25) is 0 Å². The van der Waals surface area contributed by atoms with Gasteiger partial charge in [-0.1, -0.05) is 64.2 Å². The molecule has 12 N–H and O–H groups in total. The van der Waals surface area contributed by atoms with E-state index in [2.05, 4.69) is 0 Å². The van der Waals surface area contributed by atoms with Gasteiger partial charge in [0.05, 0.1) is 0 Å². The van der Waals surface area contributed by atoms with Crippen LogP contribution in [0.15, 0.2) is 0 Å². The first-order chi connectivity index (χ1) is 15.9. The summed E-state index contributed by atoms with van der Waals surface area (Å²) < 4.78 is 37.3. The van der Waals surface area contributed by atoms with E-state index < -0.39 is 30.4 Å². The normalized spacial score (nSPS) is 11.4. The van der Waals surface area contributed by atoms with Gasteiger partial charge in [-0.3, -0.25) is 18.3 Å². The minimum absolute atomic E-state index is 0.854. The molecule has 0 atom stereocenters. The molecule has 226 valence electrons. The Kier molecular flexibility index (Phi) is 36.7. The Morgan fingerprint density at radius 1 is 0.361 bits per heavy atom. The summed E-state index contributed by atoms with van der Waals surface area (Å²) in [5.74, 6) is 0. The lowest BCUT2D eigenvalue weighted by Gasteiger charge is -2.02. The van der Waals surface area contributed by atoms with Crippen molar-refractivity contribution < 1.29 is 57.4 Å². The van der Waals surface area contributed by atoms with Crippen molar-refractivity contribution in [3.8, 4) is 0 Å². The van der Waals surface area contributed by atoms with Gasteiger partial charge in [0, 0.05) is 26.7 Å². The van der Waals surface area contributed by atoms with Crippen LogP contribution >= 0.6 is 30.4 Å². The summed E-state index contributed by atoms with van der Waals surface area (Å²) in [5, 5.41) is 0. The van der Waals surface area contributed by atoms with Crippen molar-refractivity contribution in [3.63, 3.8) is 0 Å². The van der Waals surface area contributed by atoms with E-state index in [9.17, 15) is 18.3 Å². The molecule has 0 rings (SSSR count). The van der Waals surface area contributed by atoms with E-state index in [0.717, 1.165) is 39.7 Å². The summed E-state index contributed by atoms with van der Waals surface area (Å²) >= 11 is 0. The number of hydrogen-bond donors (Lipinski definition) is 10. The maximum atomic E-state index is 9.33. The molecule has 0 aromatic rings. The van der Waals surface area contributed by atoms with Crippen LogP contribution < -0.4 is 11.5 Å². The van der Waals surface area contributed by atoms with E-state index in [4.69, 9.17) is 50.6 Å². The van der Waals surface area contributed by atoms with Crippen LogP contribution in [-0.4, -0.2) is 78.9 Å². The summed E-state index contributed by atoms with van der Waals surface area (Å²) in [6, 6.07) is 0. The zero-order valence-corrected chi connectivity index (χ0v) is 25.6. The molecule has 0 unspecified atom stereocenters. The van der Waals surface area contributed by atoms with E-state index in [1.54, 1.807) is 0 Å². The first kappa shape index (κ1) is 46.4.